The van der Waals surface area contributed by atoms with Crippen LogP contribution in [0, 0.1) is 11.7 Å². The predicted octanol–water partition coefficient (Wildman–Crippen LogP) is 5.13. The Labute approximate surface area is 181 Å². The van der Waals surface area contributed by atoms with Crippen LogP contribution < -0.4 is 9.64 Å². The van der Waals surface area contributed by atoms with Crippen molar-refractivity contribution in [3.05, 3.63) is 95.8 Å². The summed E-state index contributed by atoms with van der Waals surface area (Å²) in [5.74, 6) is -0.206. The van der Waals surface area contributed by atoms with Gasteiger partial charge in [-0.05, 0) is 53.9 Å². The number of carbonyl (C=O) groups excluding carboxylic acids is 2. The summed E-state index contributed by atoms with van der Waals surface area (Å²) in [6.45, 7) is 0. The van der Waals surface area contributed by atoms with Crippen molar-refractivity contribution in [3.63, 3.8) is 0 Å². The molecule has 31 heavy (non-hydrogen) atoms. The molecule has 1 amide bonds. The molecule has 4 rings (SSSR count). The van der Waals surface area contributed by atoms with Gasteiger partial charge in [-0.15, -0.1) is 0 Å². The van der Waals surface area contributed by atoms with Crippen LogP contribution in [0.4, 0.5) is 10.1 Å². The van der Waals surface area contributed by atoms with Crippen molar-refractivity contribution in [2.45, 2.75) is 25.3 Å². The lowest BCUT2D eigenvalue weighted by molar-refractivity contribution is -0.125. The Morgan fingerprint density at radius 1 is 1.00 bits per heavy atom. The van der Waals surface area contributed by atoms with Crippen LogP contribution in [0.1, 0.15) is 30.0 Å². The highest BCUT2D eigenvalue weighted by Crippen LogP contribution is 2.42. The van der Waals surface area contributed by atoms with Crippen molar-refractivity contribution in [1.29, 1.82) is 0 Å². The van der Waals surface area contributed by atoms with Crippen LogP contribution in [0.15, 0.2) is 78.9 Å². The molecule has 1 fully saturated rings. The second-order valence-electron chi connectivity index (χ2n) is 7.72. The molecule has 0 spiro atoms. The summed E-state index contributed by atoms with van der Waals surface area (Å²) < 4.78 is 18.7. The largest absolute Gasteiger partial charge is 0.497 e. The van der Waals surface area contributed by atoms with Gasteiger partial charge in [0.2, 0.25) is 5.91 Å². The number of ether oxygens (including phenoxy) is 1. The number of nitrogens with zero attached hydrogens (tertiary/aromatic N) is 1. The fraction of sp³-hybridized carbons (Fsp3) is 0.231. The van der Waals surface area contributed by atoms with Gasteiger partial charge in [0.15, 0.2) is 0 Å². The van der Waals surface area contributed by atoms with E-state index in [0.717, 1.165) is 11.1 Å². The summed E-state index contributed by atoms with van der Waals surface area (Å²) in [7, 11) is 1.59. The van der Waals surface area contributed by atoms with Gasteiger partial charge in [0.25, 0.3) is 0 Å². The predicted molar refractivity (Wildman–Crippen MR) is 117 cm³/mol. The molecular weight excluding hydrogens is 393 g/mol. The van der Waals surface area contributed by atoms with Crippen LogP contribution in [0.3, 0.4) is 0 Å². The number of ketones is 1. The number of methoxy groups -OCH3 is 1. The maximum absolute atomic E-state index is 13.5. The summed E-state index contributed by atoms with van der Waals surface area (Å²) in [4.78, 5) is 27.9. The summed E-state index contributed by atoms with van der Waals surface area (Å²) in [6.07, 6.45) is 1.14. The first kappa shape index (κ1) is 20.8. The number of amides is 1. The Kier molecular flexibility index (Phi) is 6.12. The zero-order valence-corrected chi connectivity index (χ0v) is 17.3. The lowest BCUT2D eigenvalue weighted by Crippen LogP contribution is -2.30. The van der Waals surface area contributed by atoms with E-state index in [2.05, 4.69) is 0 Å². The molecule has 1 aliphatic rings. The minimum Gasteiger partial charge on any atom is -0.497 e. The first-order valence-electron chi connectivity index (χ1n) is 10.3. The van der Waals surface area contributed by atoms with Gasteiger partial charge in [-0.3, -0.25) is 9.59 Å². The molecule has 1 saturated heterocycles. The minimum atomic E-state index is -0.463. The van der Waals surface area contributed by atoms with E-state index in [0.29, 0.717) is 24.3 Å². The third kappa shape index (κ3) is 4.50. The van der Waals surface area contributed by atoms with E-state index < -0.39 is 12.0 Å². The Morgan fingerprint density at radius 3 is 2.32 bits per heavy atom. The highest BCUT2D eigenvalue weighted by Gasteiger charge is 2.44. The first-order chi connectivity index (χ1) is 15.1. The van der Waals surface area contributed by atoms with Crippen molar-refractivity contribution < 1.29 is 18.7 Å². The van der Waals surface area contributed by atoms with Gasteiger partial charge in [-0.1, -0.05) is 42.5 Å². The Morgan fingerprint density at radius 2 is 1.68 bits per heavy atom. The molecule has 0 radical (unpaired) electrons. The number of hydrogen-bond acceptors (Lipinski definition) is 3. The monoisotopic (exact) mass is 417 g/mol. The van der Waals surface area contributed by atoms with Crippen LogP contribution in [-0.4, -0.2) is 18.8 Å². The van der Waals surface area contributed by atoms with Crippen LogP contribution >= 0.6 is 0 Å². The molecule has 0 aromatic heterocycles. The molecule has 3 aromatic rings. The molecule has 0 unspecified atom stereocenters. The standard InChI is InChI=1S/C26H24FNO3/c1-31-22-14-8-19(9-15-22)26-23(24(29)16-7-18-5-3-2-4-6-18)17-25(30)28(26)21-12-10-20(27)11-13-21/h2-6,8-15,23,26H,7,16-17H2,1H3/t23-,26-/m1/s1. The van der Waals surface area contributed by atoms with E-state index in [1.54, 1.807) is 24.1 Å². The number of anilines is 1. The van der Waals surface area contributed by atoms with Gasteiger partial charge >= 0.3 is 0 Å². The van der Waals surface area contributed by atoms with E-state index in [9.17, 15) is 14.0 Å². The summed E-state index contributed by atoms with van der Waals surface area (Å²) in [5.41, 5.74) is 2.54. The smallest absolute Gasteiger partial charge is 0.228 e. The third-order valence-electron chi connectivity index (χ3n) is 5.80. The average Bonchev–Trinajstić information content (AvgIpc) is 3.16. The van der Waals surface area contributed by atoms with Crippen LogP contribution in [0.2, 0.25) is 0 Å². The number of benzene rings is 3. The molecule has 3 aromatic carbocycles. The topological polar surface area (TPSA) is 46.6 Å². The van der Waals surface area contributed by atoms with E-state index in [1.807, 2.05) is 54.6 Å². The Hall–Kier alpha value is -3.47. The first-order valence-corrected chi connectivity index (χ1v) is 10.3. The third-order valence-corrected chi connectivity index (χ3v) is 5.80. The van der Waals surface area contributed by atoms with Crippen LogP contribution in [-0.2, 0) is 16.0 Å². The molecule has 1 heterocycles. The number of Topliss-reactive ketones (excluding diaryl/α,β-unsaturated/α-hetero) is 1. The van der Waals surface area contributed by atoms with Crippen molar-refractivity contribution in [1.82, 2.24) is 0 Å². The van der Waals surface area contributed by atoms with Crippen LogP contribution in [0.25, 0.3) is 0 Å². The van der Waals surface area contributed by atoms with E-state index in [4.69, 9.17) is 4.74 Å². The molecule has 2 atom stereocenters. The van der Waals surface area contributed by atoms with Crippen molar-refractivity contribution >= 4 is 17.4 Å². The van der Waals surface area contributed by atoms with Crippen molar-refractivity contribution in [2.75, 3.05) is 12.0 Å². The minimum absolute atomic E-state index is 0.0580. The molecule has 4 nitrogen and oxygen atoms in total. The second-order valence-corrected chi connectivity index (χ2v) is 7.72. The normalized spacial score (nSPS) is 18.3. The zero-order valence-electron chi connectivity index (χ0n) is 17.3. The summed E-state index contributed by atoms with van der Waals surface area (Å²) in [5, 5.41) is 0. The van der Waals surface area contributed by atoms with Gasteiger partial charge in [0.05, 0.1) is 19.1 Å². The number of aryl methyl sites for hydroxylation is 1. The van der Waals surface area contributed by atoms with Gasteiger partial charge in [0.1, 0.15) is 17.3 Å². The second kappa shape index (κ2) is 9.13. The molecule has 158 valence electrons. The number of hydrogen-bond donors (Lipinski definition) is 0. The molecule has 0 aliphatic carbocycles. The van der Waals surface area contributed by atoms with E-state index in [-0.39, 0.29) is 23.9 Å². The summed E-state index contributed by atoms with van der Waals surface area (Å²) >= 11 is 0. The SMILES string of the molecule is COc1ccc([C@@H]2[C@@H](C(=O)CCc3ccccc3)CC(=O)N2c2ccc(F)cc2)cc1. The number of rotatable bonds is 7. The molecule has 0 N–H and O–H groups in total. The fourth-order valence-corrected chi connectivity index (χ4v) is 4.21. The molecule has 5 heteroatoms. The Bertz CT molecular complexity index is 1050. The zero-order chi connectivity index (χ0) is 21.8. The van der Waals surface area contributed by atoms with Crippen LogP contribution in [0.5, 0.6) is 5.75 Å². The molecular formula is C26H24FNO3. The Balaban J connectivity index is 1.64. The maximum atomic E-state index is 13.5. The maximum Gasteiger partial charge on any atom is 0.228 e. The van der Waals surface area contributed by atoms with Crippen molar-refractivity contribution in [3.8, 4) is 5.75 Å². The van der Waals surface area contributed by atoms with Gasteiger partial charge in [-0.25, -0.2) is 4.39 Å². The molecule has 0 saturated carbocycles. The molecule has 0 bridgehead atoms. The summed E-state index contributed by atoms with van der Waals surface area (Å²) in [6, 6.07) is 22.7. The average molecular weight is 417 g/mol. The highest BCUT2D eigenvalue weighted by molar-refractivity contribution is 6.02. The number of halogens is 1. The van der Waals surface area contributed by atoms with E-state index >= 15 is 0 Å². The number of carbonyl (C=O) groups is 2. The fourth-order valence-electron chi connectivity index (χ4n) is 4.21. The van der Waals surface area contributed by atoms with E-state index in [1.165, 1.54) is 12.1 Å². The highest BCUT2D eigenvalue weighted by atomic mass is 19.1. The quantitative estimate of drug-likeness (QED) is 0.535. The molecule has 1 aliphatic heterocycles. The van der Waals surface area contributed by atoms with Gasteiger partial charge in [-0.2, -0.15) is 0 Å². The van der Waals surface area contributed by atoms with Gasteiger partial charge in [0, 0.05) is 18.5 Å². The lowest BCUT2D eigenvalue weighted by Gasteiger charge is -2.28. The lowest BCUT2D eigenvalue weighted by atomic mass is 9.87. The van der Waals surface area contributed by atoms with Crippen molar-refractivity contribution in [2.24, 2.45) is 5.92 Å². The van der Waals surface area contributed by atoms with Gasteiger partial charge < -0.3 is 9.64 Å².